The number of hydrogen-bond acceptors (Lipinski definition) is 5. The van der Waals surface area contributed by atoms with E-state index >= 15 is 0 Å². The maximum atomic E-state index is 13.4. The van der Waals surface area contributed by atoms with Crippen molar-refractivity contribution in [3.8, 4) is 5.75 Å². The Balaban J connectivity index is 2.76. The molecule has 3 N–H and O–H groups in total. The van der Waals surface area contributed by atoms with Gasteiger partial charge in [0, 0.05) is 0 Å². The van der Waals surface area contributed by atoms with Gasteiger partial charge in [0.15, 0.2) is 0 Å². The van der Waals surface area contributed by atoms with Gasteiger partial charge in [0.25, 0.3) is 0 Å². The molecule has 0 aliphatic carbocycles. The number of rotatable bonds is 14. The Bertz CT molecular complexity index is 601. The van der Waals surface area contributed by atoms with Crippen LogP contribution in [0.4, 0.5) is 13.2 Å². The van der Waals surface area contributed by atoms with Gasteiger partial charge in [-0.05, 0) is 41.5 Å². The van der Waals surface area contributed by atoms with Crippen LogP contribution in [0.1, 0.15) is 56.6 Å². The number of nitrogens with two attached hydrogens (primary N) is 1. The highest BCUT2D eigenvalue weighted by molar-refractivity contribution is 7.17. The molecule has 1 aromatic rings. The molecule has 0 aliphatic heterocycles. The number of hydrogen-bond donors (Lipinski definition) is 2. The van der Waals surface area contributed by atoms with Crippen LogP contribution in [0.15, 0.2) is 18.2 Å². The molecule has 0 spiro atoms. The normalized spacial score (nSPS) is 14.2. The highest BCUT2D eigenvalue weighted by atomic mass is 31.1. The molecule has 2 unspecified atom stereocenters. The molecule has 0 heterocycles. The second-order valence-electron chi connectivity index (χ2n) is 6.98. The Morgan fingerprint density at radius 2 is 1.89 bits per heavy atom. The first-order chi connectivity index (χ1) is 13.3. The van der Waals surface area contributed by atoms with Crippen molar-refractivity contribution in [3.63, 3.8) is 0 Å². The van der Waals surface area contributed by atoms with Crippen LogP contribution >= 0.6 is 8.69 Å². The van der Waals surface area contributed by atoms with Crippen LogP contribution in [-0.2, 0) is 21.7 Å². The molecular weight excluding hydrogens is 394 g/mol. The predicted molar refractivity (Wildman–Crippen MR) is 103 cm³/mol. The second kappa shape index (κ2) is 12.4. The summed E-state index contributed by atoms with van der Waals surface area (Å²) in [5.41, 5.74) is 4.39. The van der Waals surface area contributed by atoms with Crippen molar-refractivity contribution >= 4 is 8.69 Å². The molecule has 0 bridgehead atoms. The zero-order valence-corrected chi connectivity index (χ0v) is 17.2. The SMILES string of the molecule is CCCCCCCOc1ccc(CCC(N)(CO)CO[PH+]=O)cc1C(F)(F)F. The molecule has 160 valence electrons. The van der Waals surface area contributed by atoms with Crippen molar-refractivity contribution < 1.29 is 32.1 Å². The van der Waals surface area contributed by atoms with Gasteiger partial charge in [-0.25, -0.2) is 0 Å². The summed E-state index contributed by atoms with van der Waals surface area (Å²) in [6, 6.07) is 3.95. The summed E-state index contributed by atoms with van der Waals surface area (Å²) in [7, 11) is -1.01. The summed E-state index contributed by atoms with van der Waals surface area (Å²) in [6.45, 7) is 1.77. The molecule has 1 rings (SSSR count). The molecule has 28 heavy (non-hydrogen) atoms. The minimum absolute atomic E-state index is 0.142. The van der Waals surface area contributed by atoms with Gasteiger partial charge in [-0.1, -0.05) is 38.7 Å². The van der Waals surface area contributed by atoms with Crippen LogP contribution in [0.2, 0.25) is 0 Å². The van der Waals surface area contributed by atoms with Gasteiger partial charge in [0.1, 0.15) is 12.4 Å². The largest absolute Gasteiger partial charge is 0.494 e. The highest BCUT2D eigenvalue weighted by Crippen LogP contribution is 2.37. The molecule has 2 atom stereocenters. The van der Waals surface area contributed by atoms with Crippen molar-refractivity contribution in [2.75, 3.05) is 19.8 Å². The standard InChI is InChI=1S/C19H30F3NO4P/c1-2-3-4-5-6-11-26-17-8-7-15(12-16(17)19(20,21)22)9-10-18(23,13-24)14-27-28-25/h7-8,12,24,28H,2-6,9-11,13-14,23H2,1H3/q+1. The lowest BCUT2D eigenvalue weighted by atomic mass is 9.93. The van der Waals surface area contributed by atoms with Crippen LogP contribution in [0.25, 0.3) is 0 Å². The Morgan fingerprint density at radius 3 is 2.50 bits per heavy atom. The number of aliphatic hydroxyl groups is 1. The average molecular weight is 424 g/mol. The molecular formula is C19H30F3NO4P+. The topological polar surface area (TPSA) is 81.8 Å². The van der Waals surface area contributed by atoms with E-state index in [1.807, 2.05) is 0 Å². The van der Waals surface area contributed by atoms with Crippen molar-refractivity contribution in [1.82, 2.24) is 0 Å². The lowest BCUT2D eigenvalue weighted by Crippen LogP contribution is -2.47. The first-order valence-electron chi connectivity index (χ1n) is 9.47. The van der Waals surface area contributed by atoms with E-state index in [2.05, 4.69) is 6.92 Å². The molecule has 0 aromatic heterocycles. The Kier molecular flexibility index (Phi) is 11.0. The van der Waals surface area contributed by atoms with Gasteiger partial charge in [0.05, 0.1) is 24.3 Å². The van der Waals surface area contributed by atoms with E-state index in [0.717, 1.165) is 31.7 Å². The monoisotopic (exact) mass is 424 g/mol. The van der Waals surface area contributed by atoms with E-state index in [0.29, 0.717) is 12.0 Å². The number of aryl methyl sites for hydroxylation is 1. The van der Waals surface area contributed by atoms with Crippen LogP contribution in [0.5, 0.6) is 5.75 Å². The second-order valence-corrected chi connectivity index (χ2v) is 7.44. The number of halogens is 3. The van der Waals surface area contributed by atoms with E-state index in [4.69, 9.17) is 15.0 Å². The summed E-state index contributed by atoms with van der Waals surface area (Å²) in [4.78, 5) is 0. The zero-order valence-electron chi connectivity index (χ0n) is 16.2. The van der Waals surface area contributed by atoms with E-state index < -0.39 is 32.6 Å². The average Bonchev–Trinajstić information content (AvgIpc) is 2.67. The molecule has 0 amide bonds. The summed E-state index contributed by atoms with van der Waals surface area (Å²) >= 11 is 0. The lowest BCUT2D eigenvalue weighted by molar-refractivity contribution is -0.139. The molecule has 1 aromatic carbocycles. The van der Waals surface area contributed by atoms with Crippen LogP contribution < -0.4 is 10.5 Å². The summed E-state index contributed by atoms with van der Waals surface area (Å²) in [5.74, 6) is -0.177. The van der Waals surface area contributed by atoms with E-state index in [9.17, 15) is 22.8 Å². The Hall–Kier alpha value is -1.21. The fourth-order valence-corrected chi connectivity index (χ4v) is 3.08. The first kappa shape index (κ1) is 24.8. The van der Waals surface area contributed by atoms with E-state index in [-0.39, 0.29) is 31.8 Å². The number of aliphatic hydroxyl groups excluding tert-OH is 1. The molecule has 0 saturated carbocycles. The van der Waals surface area contributed by atoms with Crippen molar-refractivity contribution in [2.24, 2.45) is 5.73 Å². The highest BCUT2D eigenvalue weighted by Gasteiger charge is 2.35. The van der Waals surface area contributed by atoms with Gasteiger partial charge < -0.3 is 15.6 Å². The van der Waals surface area contributed by atoms with Gasteiger partial charge in [-0.3, -0.25) is 0 Å². The molecule has 0 radical (unpaired) electrons. The lowest BCUT2D eigenvalue weighted by Gasteiger charge is -2.24. The number of ether oxygens (including phenoxy) is 1. The summed E-state index contributed by atoms with van der Waals surface area (Å²) < 4.78 is 60.8. The smallest absolute Gasteiger partial charge is 0.493 e. The summed E-state index contributed by atoms with van der Waals surface area (Å²) in [5, 5.41) is 9.39. The summed E-state index contributed by atoms with van der Waals surface area (Å²) in [6.07, 6.45) is 0.768. The van der Waals surface area contributed by atoms with Crippen LogP contribution in [-0.4, -0.2) is 30.5 Å². The maximum Gasteiger partial charge on any atom is 0.494 e. The third-order valence-electron chi connectivity index (χ3n) is 4.50. The minimum atomic E-state index is -4.53. The van der Waals surface area contributed by atoms with Gasteiger partial charge in [0.2, 0.25) is 0 Å². The molecule has 0 aliphatic rings. The van der Waals surface area contributed by atoms with E-state index in [1.54, 1.807) is 6.07 Å². The molecule has 9 heteroatoms. The zero-order chi connectivity index (χ0) is 21.0. The number of unbranched alkanes of at least 4 members (excludes halogenated alkanes) is 4. The van der Waals surface area contributed by atoms with Gasteiger partial charge in [-0.15, -0.1) is 4.52 Å². The predicted octanol–water partition coefficient (Wildman–Crippen LogP) is 4.63. The van der Waals surface area contributed by atoms with Crippen molar-refractivity contribution in [2.45, 2.75) is 63.6 Å². The van der Waals surface area contributed by atoms with Gasteiger partial charge in [-0.2, -0.15) is 13.2 Å². The number of benzene rings is 1. The van der Waals surface area contributed by atoms with Crippen LogP contribution in [0.3, 0.4) is 0 Å². The fourth-order valence-electron chi connectivity index (χ4n) is 2.73. The Labute approximate surface area is 165 Å². The molecule has 0 saturated heterocycles. The third-order valence-corrected chi connectivity index (χ3v) is 4.76. The quantitative estimate of drug-likeness (QED) is 0.336. The Morgan fingerprint density at radius 1 is 1.18 bits per heavy atom. The fraction of sp³-hybridized carbons (Fsp3) is 0.684. The minimum Gasteiger partial charge on any atom is -0.493 e. The van der Waals surface area contributed by atoms with Crippen LogP contribution in [0, 0.1) is 0 Å². The molecule has 0 fully saturated rings. The molecule has 5 nitrogen and oxygen atoms in total. The van der Waals surface area contributed by atoms with Crippen molar-refractivity contribution in [1.29, 1.82) is 0 Å². The van der Waals surface area contributed by atoms with E-state index in [1.165, 1.54) is 6.07 Å². The van der Waals surface area contributed by atoms with Gasteiger partial charge >= 0.3 is 14.9 Å². The van der Waals surface area contributed by atoms with Crippen molar-refractivity contribution in [3.05, 3.63) is 29.3 Å². The first-order valence-corrected chi connectivity index (χ1v) is 10.3. The number of alkyl halides is 3. The third kappa shape index (κ3) is 8.86. The maximum absolute atomic E-state index is 13.4.